The Hall–Kier alpha value is -0.695. The van der Waals surface area contributed by atoms with Crippen LogP contribution >= 0.6 is 0 Å². The second-order valence-corrected chi connectivity index (χ2v) is 1.11. The van der Waals surface area contributed by atoms with Crippen molar-refractivity contribution < 1.29 is 9.31 Å². The van der Waals surface area contributed by atoms with Gasteiger partial charge in [0.1, 0.15) is 0 Å². The third kappa shape index (κ3) is 5.30. The Kier molecular flexibility index (Phi) is 5.76. The van der Waals surface area contributed by atoms with E-state index in [9.17, 15) is 0 Å². The zero-order chi connectivity index (χ0) is 6.24. The van der Waals surface area contributed by atoms with Gasteiger partial charge in [-0.3, -0.25) is 0 Å². The van der Waals surface area contributed by atoms with Gasteiger partial charge in [-0.25, -0.2) is 0 Å². The molecule has 0 heterocycles. The second kappa shape index (κ2) is 6.30. The van der Waals surface area contributed by atoms with Gasteiger partial charge in [0.15, 0.2) is 0 Å². The van der Waals surface area contributed by atoms with Crippen LogP contribution in [0, 0.1) is 0 Å². The fourth-order valence-electron chi connectivity index (χ4n) is 0.228. The number of rotatable bonds is 5. The lowest BCUT2D eigenvalue weighted by Crippen LogP contribution is -1.99. The summed E-state index contributed by atoms with van der Waals surface area (Å²) in [6.07, 6.45) is 3.00. The van der Waals surface area contributed by atoms with Crippen LogP contribution in [0.25, 0.3) is 0 Å². The van der Waals surface area contributed by atoms with Crippen LogP contribution in [0.1, 0.15) is 0 Å². The predicted molar refractivity (Wildman–Crippen MR) is 34.6 cm³/mol. The lowest BCUT2D eigenvalue weighted by Gasteiger charge is -1.94. The first-order chi connectivity index (χ1) is 3.91. The Morgan fingerprint density at radius 1 is 1.50 bits per heavy atom. The van der Waals surface area contributed by atoms with Gasteiger partial charge in [0.05, 0.1) is 12.9 Å². The quantitative estimate of drug-likeness (QED) is 0.224. The monoisotopic (exact) mass is 112 g/mol. The lowest BCUT2D eigenvalue weighted by atomic mass is 10.4. The second-order valence-electron chi connectivity index (χ2n) is 1.11. The smallest absolute Gasteiger partial charge is 0.506 e. The largest absolute Gasteiger partial charge is 0.545 e. The molecule has 0 aliphatic heterocycles. The summed E-state index contributed by atoms with van der Waals surface area (Å²) in [5.41, 5.74) is 0. The average Bonchev–Trinajstić information content (AvgIpc) is 1.81. The highest BCUT2D eigenvalue weighted by molar-refractivity contribution is 6.18. The maximum absolute atomic E-state index is 4.81. The van der Waals surface area contributed by atoms with E-state index >= 15 is 0 Å². The molecule has 0 fully saturated rings. The van der Waals surface area contributed by atoms with Gasteiger partial charge in [0.25, 0.3) is 0 Å². The predicted octanol–water partition coefficient (Wildman–Crippen LogP) is 0.616. The van der Waals surface area contributed by atoms with Crippen LogP contribution in [0.4, 0.5) is 0 Å². The molecule has 0 rings (SSSR count). The fraction of sp³-hybridized carbons (Fsp3) is 0.200. The summed E-state index contributed by atoms with van der Waals surface area (Å²) in [6, 6.07) is 0. The van der Waals surface area contributed by atoms with Crippen LogP contribution < -0.4 is 0 Å². The van der Waals surface area contributed by atoms with Gasteiger partial charge in [-0.05, 0) is 0 Å². The summed E-state index contributed by atoms with van der Waals surface area (Å²) < 4.78 is 9.44. The normalized spacial score (nSPS) is 7.50. The van der Waals surface area contributed by atoms with Crippen molar-refractivity contribution in [3.63, 3.8) is 0 Å². The van der Waals surface area contributed by atoms with Crippen molar-refractivity contribution >= 4 is 7.69 Å². The molecule has 0 saturated carbocycles. The van der Waals surface area contributed by atoms with Crippen LogP contribution in [-0.4, -0.2) is 14.3 Å². The molecule has 0 amide bonds. The molecule has 3 heteroatoms. The first-order valence-corrected chi connectivity index (χ1v) is 2.33. The SMILES string of the molecule is C=CCOBOC=C. The lowest BCUT2D eigenvalue weighted by molar-refractivity contribution is 0.305. The Morgan fingerprint density at radius 3 is 2.75 bits per heavy atom. The molecule has 0 aromatic rings. The Labute approximate surface area is 50.1 Å². The topological polar surface area (TPSA) is 18.5 Å². The maximum atomic E-state index is 4.81. The summed E-state index contributed by atoms with van der Waals surface area (Å²) in [5.74, 6) is 0. The van der Waals surface area contributed by atoms with Gasteiger partial charge < -0.3 is 9.31 Å². The van der Waals surface area contributed by atoms with Crippen molar-refractivity contribution in [3.05, 3.63) is 25.5 Å². The minimum atomic E-state index is 0.259. The van der Waals surface area contributed by atoms with Crippen molar-refractivity contribution in [2.24, 2.45) is 0 Å². The first-order valence-electron chi connectivity index (χ1n) is 2.33. The van der Waals surface area contributed by atoms with Crippen LogP contribution in [0.5, 0.6) is 0 Å². The highest BCUT2D eigenvalue weighted by atomic mass is 16.6. The Balaban J connectivity index is 2.71. The van der Waals surface area contributed by atoms with E-state index in [1.807, 2.05) is 0 Å². The zero-order valence-electron chi connectivity index (χ0n) is 4.80. The molecule has 0 aliphatic carbocycles. The van der Waals surface area contributed by atoms with E-state index < -0.39 is 0 Å². The molecule has 0 N–H and O–H groups in total. The summed E-state index contributed by atoms with van der Waals surface area (Å²) in [4.78, 5) is 0. The summed E-state index contributed by atoms with van der Waals surface area (Å²) in [5, 5.41) is 0. The van der Waals surface area contributed by atoms with E-state index in [0.717, 1.165) is 0 Å². The van der Waals surface area contributed by atoms with Crippen molar-refractivity contribution in [3.8, 4) is 0 Å². The zero-order valence-corrected chi connectivity index (χ0v) is 4.80. The number of hydrogen-bond donors (Lipinski definition) is 0. The van der Waals surface area contributed by atoms with Crippen molar-refractivity contribution in [2.75, 3.05) is 6.61 Å². The molecule has 44 valence electrons. The van der Waals surface area contributed by atoms with Crippen molar-refractivity contribution in [2.45, 2.75) is 0 Å². The van der Waals surface area contributed by atoms with Gasteiger partial charge >= 0.3 is 7.69 Å². The molecular formula is C5H9BO2. The third-order valence-corrected chi connectivity index (χ3v) is 0.505. The molecule has 0 atom stereocenters. The highest BCUT2D eigenvalue weighted by Crippen LogP contribution is 1.73. The van der Waals surface area contributed by atoms with Crippen molar-refractivity contribution in [1.82, 2.24) is 0 Å². The molecule has 0 unspecified atom stereocenters. The van der Waals surface area contributed by atoms with E-state index in [2.05, 4.69) is 17.8 Å². The maximum Gasteiger partial charge on any atom is 0.506 e. The summed E-state index contributed by atoms with van der Waals surface area (Å²) in [6.45, 7) is 7.30. The molecule has 0 aliphatic rings. The minimum Gasteiger partial charge on any atom is -0.545 e. The van der Waals surface area contributed by atoms with Crippen LogP contribution in [-0.2, 0) is 9.31 Å². The molecule has 0 bridgehead atoms. The van der Waals surface area contributed by atoms with Gasteiger partial charge in [-0.2, -0.15) is 0 Å². The van der Waals surface area contributed by atoms with E-state index in [1.54, 1.807) is 6.08 Å². The molecular weight excluding hydrogens is 103 g/mol. The van der Waals surface area contributed by atoms with Gasteiger partial charge in [-0.15, -0.1) is 6.58 Å². The standard InChI is InChI=1S/C5H9BO2/c1-3-5-8-6-7-4-2/h3-4,6H,1-2,5H2. The van der Waals surface area contributed by atoms with E-state index in [1.165, 1.54) is 6.26 Å². The van der Waals surface area contributed by atoms with E-state index in [4.69, 9.17) is 4.65 Å². The van der Waals surface area contributed by atoms with Crippen LogP contribution in [0.15, 0.2) is 25.5 Å². The average molecular weight is 112 g/mol. The first kappa shape index (κ1) is 7.30. The molecule has 2 nitrogen and oxygen atoms in total. The van der Waals surface area contributed by atoms with Crippen LogP contribution in [0.3, 0.4) is 0 Å². The fourth-order valence-corrected chi connectivity index (χ4v) is 0.228. The molecule has 0 spiro atoms. The number of hydrogen-bond acceptors (Lipinski definition) is 2. The van der Waals surface area contributed by atoms with Gasteiger partial charge in [0.2, 0.25) is 0 Å². The van der Waals surface area contributed by atoms with E-state index in [-0.39, 0.29) is 7.69 Å². The van der Waals surface area contributed by atoms with Gasteiger partial charge in [-0.1, -0.05) is 12.7 Å². The molecule has 0 aromatic carbocycles. The molecule has 0 saturated heterocycles. The van der Waals surface area contributed by atoms with Gasteiger partial charge in [0, 0.05) is 0 Å². The summed E-state index contributed by atoms with van der Waals surface area (Å²) >= 11 is 0. The van der Waals surface area contributed by atoms with Crippen molar-refractivity contribution in [1.29, 1.82) is 0 Å². The Morgan fingerprint density at radius 2 is 2.25 bits per heavy atom. The van der Waals surface area contributed by atoms with E-state index in [0.29, 0.717) is 6.61 Å². The minimum absolute atomic E-state index is 0.259. The highest BCUT2D eigenvalue weighted by Gasteiger charge is 1.83. The third-order valence-electron chi connectivity index (χ3n) is 0.505. The summed E-state index contributed by atoms with van der Waals surface area (Å²) in [7, 11) is 0.259. The molecule has 8 heavy (non-hydrogen) atoms. The van der Waals surface area contributed by atoms with Crippen LogP contribution in [0.2, 0.25) is 0 Å². The molecule has 0 aromatic heterocycles. The Bertz CT molecular complexity index is 62.8. The molecule has 0 radical (unpaired) electrons.